The fourth-order valence-electron chi connectivity index (χ4n) is 2.92. The molecule has 0 aromatic heterocycles. The van der Waals surface area contributed by atoms with Crippen LogP contribution in [0.3, 0.4) is 0 Å². The molecule has 2 rings (SSSR count). The number of carbonyl (C=O) groups is 3. The number of aliphatic hydroxyl groups is 2. The van der Waals surface area contributed by atoms with Crippen molar-refractivity contribution < 1.29 is 39.5 Å². The number of alkyl halides is 2. The third-order valence-corrected chi connectivity index (χ3v) is 4.61. The largest absolute Gasteiger partial charge is 0.479 e. The molecule has 2 aromatic carbocycles. The maximum Gasteiger partial charge on any atom is 0.407 e. The number of amides is 1. The zero-order chi connectivity index (χ0) is 29.3. The monoisotopic (exact) mass is 610 g/mol. The van der Waals surface area contributed by atoms with Crippen LogP contribution in [0.2, 0.25) is 0 Å². The third kappa shape index (κ3) is 18.3. The van der Waals surface area contributed by atoms with Gasteiger partial charge in [0.2, 0.25) is 0 Å². The molecule has 0 saturated heterocycles. The van der Waals surface area contributed by atoms with Crippen LogP contribution in [0.4, 0.5) is 4.79 Å². The van der Waals surface area contributed by atoms with Gasteiger partial charge in [-0.15, -0.1) is 35.6 Å². The van der Waals surface area contributed by atoms with Crippen LogP contribution in [0.25, 0.3) is 0 Å². The third-order valence-electron chi connectivity index (χ3n) is 4.61. The average Bonchev–Trinajstić information content (AvgIpc) is 2.83. The van der Waals surface area contributed by atoms with Gasteiger partial charge >= 0.3 is 18.0 Å². The van der Waals surface area contributed by atoms with Gasteiger partial charge in [-0.3, -0.25) is 0 Å². The first-order valence-corrected chi connectivity index (χ1v) is 12.5. The Morgan fingerprint density at radius 1 is 0.846 bits per heavy atom. The Balaban J connectivity index is 0. The molecule has 0 saturated carbocycles. The van der Waals surface area contributed by atoms with E-state index in [1.807, 2.05) is 36.4 Å². The van der Waals surface area contributed by atoms with Crippen molar-refractivity contribution in [1.82, 2.24) is 5.32 Å². The summed E-state index contributed by atoms with van der Waals surface area (Å²) in [5, 5.41) is 38.9. The summed E-state index contributed by atoms with van der Waals surface area (Å²) in [6, 6.07) is 16.5. The van der Waals surface area contributed by atoms with Crippen molar-refractivity contribution in [2.24, 2.45) is 5.73 Å². The number of carbonyl (C=O) groups excluding carboxylic acids is 1. The van der Waals surface area contributed by atoms with E-state index < -0.39 is 47.9 Å². The van der Waals surface area contributed by atoms with Gasteiger partial charge in [-0.05, 0) is 44.7 Å². The van der Waals surface area contributed by atoms with E-state index in [2.05, 4.69) is 5.32 Å². The van der Waals surface area contributed by atoms with E-state index in [4.69, 9.17) is 49.0 Å². The summed E-state index contributed by atoms with van der Waals surface area (Å²) < 4.78 is 5.08. The number of carboxylic acid groups (broad SMARTS) is 2. The number of aliphatic carboxylic acids is 2. The van der Waals surface area contributed by atoms with Gasteiger partial charge < -0.3 is 36.2 Å². The number of benzene rings is 2. The summed E-state index contributed by atoms with van der Waals surface area (Å²) in [6.45, 7) is 5.10. The summed E-state index contributed by atoms with van der Waals surface area (Å²) in [5.41, 5.74) is 6.54. The minimum atomic E-state index is -1.71. The van der Waals surface area contributed by atoms with Crippen LogP contribution in [0.1, 0.15) is 31.9 Å². The fourth-order valence-corrected chi connectivity index (χ4v) is 2.92. The van der Waals surface area contributed by atoms with E-state index in [0.717, 1.165) is 11.1 Å². The van der Waals surface area contributed by atoms with Gasteiger partial charge in [-0.1, -0.05) is 60.7 Å². The molecule has 13 heteroatoms. The molecule has 0 aliphatic rings. The van der Waals surface area contributed by atoms with E-state index in [0.29, 0.717) is 6.42 Å². The van der Waals surface area contributed by atoms with Crippen molar-refractivity contribution in [2.75, 3.05) is 5.34 Å². The summed E-state index contributed by atoms with van der Waals surface area (Å²) in [6.07, 6.45) is -3.43. The summed E-state index contributed by atoms with van der Waals surface area (Å²) in [7, 11) is 0. The number of hydrogen-bond acceptors (Lipinski definition) is 7. The van der Waals surface area contributed by atoms with Gasteiger partial charge in [0.15, 0.2) is 12.2 Å². The highest BCUT2D eigenvalue weighted by Gasteiger charge is 2.29. The minimum absolute atomic E-state index is 0. The molecule has 1 amide bonds. The SMILES string of the molecule is CC(C)(C)OC(=O)NC(Cc1ccccc1)[C@H](O)C(=O)O.Cl.ClCCl.NC(Cc1ccccc1)[C@H](O)C(=O)O. The second kappa shape index (κ2) is 20.3. The molecule has 10 nitrogen and oxygen atoms in total. The zero-order valence-electron chi connectivity index (χ0n) is 21.9. The molecular formula is C26H37Cl3N2O8. The van der Waals surface area contributed by atoms with E-state index in [1.165, 1.54) is 0 Å². The van der Waals surface area contributed by atoms with Crippen LogP contribution >= 0.6 is 35.6 Å². The van der Waals surface area contributed by atoms with Gasteiger partial charge in [0.05, 0.1) is 11.4 Å². The van der Waals surface area contributed by atoms with Crippen molar-refractivity contribution in [1.29, 1.82) is 0 Å². The zero-order valence-corrected chi connectivity index (χ0v) is 24.2. The van der Waals surface area contributed by atoms with E-state index in [1.54, 1.807) is 45.0 Å². The number of nitrogens with two attached hydrogens (primary N) is 1. The molecule has 0 heterocycles. The molecule has 0 fully saturated rings. The Hall–Kier alpha value is -2.60. The van der Waals surface area contributed by atoms with Crippen molar-refractivity contribution >= 4 is 53.6 Å². The fraction of sp³-hybridized carbons (Fsp3) is 0.423. The van der Waals surface area contributed by atoms with Crippen LogP contribution < -0.4 is 11.1 Å². The van der Waals surface area contributed by atoms with Crippen LogP contribution in [-0.2, 0) is 27.2 Å². The smallest absolute Gasteiger partial charge is 0.407 e. The van der Waals surface area contributed by atoms with Crippen LogP contribution in [0.5, 0.6) is 0 Å². The molecular weight excluding hydrogens is 575 g/mol. The topological polar surface area (TPSA) is 179 Å². The number of ether oxygens (including phenoxy) is 1. The summed E-state index contributed by atoms with van der Waals surface area (Å²) >= 11 is 9.53. The second-order valence-corrected chi connectivity index (χ2v) is 9.77. The molecule has 0 radical (unpaired) electrons. The van der Waals surface area contributed by atoms with E-state index in [-0.39, 0.29) is 24.2 Å². The Labute approximate surface area is 244 Å². The molecule has 0 aliphatic carbocycles. The predicted molar refractivity (Wildman–Crippen MR) is 153 cm³/mol. The number of aliphatic hydroxyl groups excluding tert-OH is 2. The van der Waals surface area contributed by atoms with Crippen molar-refractivity contribution in [3.63, 3.8) is 0 Å². The molecule has 220 valence electrons. The van der Waals surface area contributed by atoms with Crippen LogP contribution in [-0.4, -0.2) is 73.7 Å². The quantitative estimate of drug-likeness (QED) is 0.232. The standard InChI is InChI=1S/C15H21NO5.C10H13NO3.CH2Cl2.ClH/c1-15(2,3)21-14(20)16-11(12(17)13(18)19)9-10-7-5-4-6-8-10;11-8(9(12)10(13)14)6-7-4-2-1-3-5-7;2-1-3;/h4-8,11-12,17H,9H2,1-3H3,(H,16,20)(H,18,19);1-5,8-9,12H,6,11H2,(H,13,14);1H2;1H/t11?,12-;8?,9-;;/m00../s1. The van der Waals surface area contributed by atoms with Gasteiger partial charge in [0, 0.05) is 6.04 Å². The van der Waals surface area contributed by atoms with Crippen molar-refractivity contribution in [3.05, 3.63) is 71.8 Å². The molecule has 7 N–H and O–H groups in total. The lowest BCUT2D eigenvalue weighted by Crippen LogP contribution is -2.49. The Morgan fingerprint density at radius 3 is 1.59 bits per heavy atom. The lowest BCUT2D eigenvalue weighted by atomic mass is 10.0. The number of nitrogens with one attached hydrogen (secondary N) is 1. The number of rotatable bonds is 9. The first-order valence-electron chi connectivity index (χ1n) is 11.5. The Morgan fingerprint density at radius 2 is 1.23 bits per heavy atom. The van der Waals surface area contributed by atoms with Crippen molar-refractivity contribution in [3.8, 4) is 0 Å². The van der Waals surface area contributed by atoms with Crippen molar-refractivity contribution in [2.45, 2.75) is 63.5 Å². The summed E-state index contributed by atoms with van der Waals surface area (Å²) in [5.74, 6) is -2.68. The number of hydrogen-bond donors (Lipinski definition) is 6. The first kappa shape index (κ1) is 38.5. The maximum atomic E-state index is 11.7. The second-order valence-electron chi connectivity index (χ2n) is 8.96. The number of carboxylic acids is 2. The Bertz CT molecular complexity index is 963. The predicted octanol–water partition coefficient (Wildman–Crippen LogP) is 3.41. The Kier molecular flexibility index (Phi) is 20.1. The molecule has 39 heavy (non-hydrogen) atoms. The maximum absolute atomic E-state index is 11.7. The van der Waals surface area contributed by atoms with Crippen LogP contribution in [0.15, 0.2) is 60.7 Å². The van der Waals surface area contributed by atoms with Gasteiger partial charge in [0.25, 0.3) is 0 Å². The minimum Gasteiger partial charge on any atom is -0.479 e. The molecule has 2 aromatic rings. The highest BCUT2D eigenvalue weighted by molar-refractivity contribution is 6.40. The van der Waals surface area contributed by atoms with Gasteiger partial charge in [-0.25, -0.2) is 14.4 Å². The molecule has 0 bridgehead atoms. The first-order chi connectivity index (χ1) is 17.7. The highest BCUT2D eigenvalue weighted by Crippen LogP contribution is 2.10. The molecule has 0 spiro atoms. The lowest BCUT2D eigenvalue weighted by molar-refractivity contribution is -0.148. The van der Waals surface area contributed by atoms with Gasteiger partial charge in [-0.2, -0.15) is 0 Å². The number of halogens is 3. The normalized spacial score (nSPS) is 13.3. The van der Waals surface area contributed by atoms with Gasteiger partial charge in [0.1, 0.15) is 5.60 Å². The van der Waals surface area contributed by atoms with Crippen LogP contribution in [0, 0.1) is 0 Å². The lowest BCUT2D eigenvalue weighted by Gasteiger charge is -2.25. The van der Waals surface area contributed by atoms with E-state index in [9.17, 15) is 19.5 Å². The number of alkyl carbamates (subject to hydrolysis) is 1. The highest BCUT2D eigenvalue weighted by atomic mass is 35.5. The van der Waals surface area contributed by atoms with E-state index >= 15 is 0 Å². The summed E-state index contributed by atoms with van der Waals surface area (Å²) in [4.78, 5) is 33.1. The molecule has 0 aliphatic heterocycles. The molecule has 4 atom stereocenters. The molecule has 2 unspecified atom stereocenters. The average molecular weight is 612 g/mol.